The first kappa shape index (κ1) is 60.6. The Hall–Kier alpha value is 2.51. The van der Waals surface area contributed by atoms with Crippen LogP contribution in [0.15, 0.2) is 24.1 Å². The van der Waals surface area contributed by atoms with Gasteiger partial charge in [-0.2, -0.15) is 0 Å². The molecule has 2 aliphatic rings. The Bertz CT molecular complexity index is 2380. The van der Waals surface area contributed by atoms with Crippen molar-refractivity contribution < 1.29 is 194 Å². The molecule has 26 nitrogen and oxygen atoms in total. The second-order valence-electron chi connectivity index (χ2n) is 12.4. The van der Waals surface area contributed by atoms with Gasteiger partial charge in [0.05, 0.1) is 25.9 Å². The molecule has 13 atom stereocenters. The van der Waals surface area contributed by atoms with Gasteiger partial charge in [-0.25, -0.2) is 43.1 Å². The first-order chi connectivity index (χ1) is 27.1. The molecule has 0 aliphatic carbocycles. The molecule has 62 heavy (non-hydrogen) atoms. The molecule has 0 spiro atoms. The van der Waals surface area contributed by atoms with E-state index in [1.165, 1.54) is 33.6 Å². The van der Waals surface area contributed by atoms with E-state index in [1.54, 1.807) is 0 Å². The van der Waals surface area contributed by atoms with E-state index in [1.807, 2.05) is 6.92 Å². The minimum Gasteiger partial charge on any atom is -0.387 e. The molecule has 5 unspecified atom stereocenters. The van der Waals surface area contributed by atoms with Gasteiger partial charge >= 0.3 is 147 Å². The number of aliphatic hydroxyl groups is 4. The van der Waals surface area contributed by atoms with Crippen LogP contribution in [0.5, 0.6) is 0 Å². The minimum absolute atomic E-state index is 0. The molecule has 11 N–H and O–H groups in total. The van der Waals surface area contributed by atoms with E-state index < -0.39 is 95.9 Å². The van der Waals surface area contributed by atoms with Crippen molar-refractivity contribution in [3.8, 4) is 0 Å². The fourth-order valence-electron chi connectivity index (χ4n) is 5.55. The van der Waals surface area contributed by atoms with E-state index in [-0.39, 0.29) is 152 Å². The third kappa shape index (κ3) is 13.9. The molecular weight excluding hydrogens is 1030 g/mol. The zero-order valence-electron chi connectivity index (χ0n) is 33.2. The molecule has 2 fully saturated rings. The molecule has 4 aromatic rings. The van der Waals surface area contributed by atoms with Gasteiger partial charge in [0.2, 0.25) is 4.86 Å². The number of ether oxygens (including phenoxy) is 2. The monoisotopic (exact) mass is 1070 g/mol. The average molecular weight is 1070 g/mol. The van der Waals surface area contributed by atoms with Crippen LogP contribution < -0.4 is 130 Å². The van der Waals surface area contributed by atoms with Crippen molar-refractivity contribution in [2.24, 2.45) is 0 Å². The second kappa shape index (κ2) is 24.6. The number of fused-ring (bicyclic) bond motifs is 2. The van der Waals surface area contributed by atoms with Gasteiger partial charge in [-0.3, -0.25) is 22.8 Å². The average Bonchev–Trinajstić information content (AvgIpc) is 3.90. The quantitative estimate of drug-likeness (QED) is 0.0117. The Morgan fingerprint density at radius 2 is 1.31 bits per heavy atom. The first-order valence-corrected chi connectivity index (χ1v) is 26.3. The summed E-state index contributed by atoms with van der Waals surface area (Å²) in [5.41, 5.74) is 12.4. The predicted molar refractivity (Wildman–Crippen MR) is 209 cm³/mol. The van der Waals surface area contributed by atoms with Crippen molar-refractivity contribution in [2.75, 3.05) is 30.4 Å². The van der Waals surface area contributed by atoms with Gasteiger partial charge in [-0.1, -0.05) is 42.5 Å². The summed E-state index contributed by atoms with van der Waals surface area (Å²) < 4.78 is 72.0. The van der Waals surface area contributed by atoms with Crippen LogP contribution in [0.1, 0.15) is 25.8 Å². The van der Waals surface area contributed by atoms with Crippen LogP contribution in [-0.2, 0) is 52.6 Å². The number of aliphatic hydroxyl groups excluding tert-OH is 4. The number of anilines is 2. The van der Waals surface area contributed by atoms with E-state index in [9.17, 15) is 48.8 Å². The fourth-order valence-corrected chi connectivity index (χ4v) is 15.3. The van der Waals surface area contributed by atoms with Crippen molar-refractivity contribution in [3.63, 3.8) is 0 Å². The van der Waals surface area contributed by atoms with Crippen molar-refractivity contribution in [2.45, 2.75) is 72.4 Å². The molecule has 2 aliphatic heterocycles. The van der Waals surface area contributed by atoms with Crippen LogP contribution >= 0.6 is 64.3 Å². The number of nitrogens with two attached hydrogens (primary N) is 2. The van der Waals surface area contributed by atoms with Gasteiger partial charge in [0.15, 0.2) is 40.5 Å². The topological polar surface area (TPSA) is 387 Å². The Morgan fingerprint density at radius 3 is 1.85 bits per heavy atom. The van der Waals surface area contributed by atoms with Crippen molar-refractivity contribution in [1.82, 2.24) is 39.0 Å². The summed E-state index contributed by atoms with van der Waals surface area (Å²) in [7, 11) is -11.5. The largest absolute Gasteiger partial charge is 1.00 e. The zero-order chi connectivity index (χ0) is 42.5. The predicted octanol–water partition coefficient (Wildman–Crippen LogP) is -11.2. The molecule has 38 heteroatoms. The number of aromatic nitrogens is 8. The fraction of sp³-hybridized carbons (Fsp3) is 0.583. The van der Waals surface area contributed by atoms with Gasteiger partial charge in [-0.05, 0) is 18.2 Å². The molecule has 0 bridgehead atoms. The number of alkyl halides is 1. The summed E-state index contributed by atoms with van der Waals surface area (Å²) in [4.78, 5) is 53.1. The minimum atomic E-state index is -5.76. The number of nitrogens with zero attached hydrogens (tertiary/aromatic N) is 8. The Balaban J connectivity index is 0.00000331. The van der Waals surface area contributed by atoms with E-state index in [0.717, 1.165) is 12.7 Å². The molecule has 0 aromatic carbocycles. The molecule has 0 amide bonds. The van der Waals surface area contributed by atoms with Crippen molar-refractivity contribution in [3.05, 3.63) is 19.0 Å². The van der Waals surface area contributed by atoms with Gasteiger partial charge in [0, 0.05) is 5.75 Å². The molecule has 6 heterocycles. The van der Waals surface area contributed by atoms with Gasteiger partial charge in [-0.15, -0.1) is 0 Å². The van der Waals surface area contributed by atoms with Crippen LogP contribution in [-0.4, -0.2) is 135 Å². The smallest absolute Gasteiger partial charge is 0.387 e. The van der Waals surface area contributed by atoms with Crippen LogP contribution in [0.3, 0.4) is 0 Å². The second-order valence-corrected chi connectivity index (χ2v) is 24.7. The summed E-state index contributed by atoms with van der Waals surface area (Å²) in [6.45, 7) is -9.74. The molecule has 0 saturated carbocycles. The summed E-state index contributed by atoms with van der Waals surface area (Å²) in [5, 5.41) is 43.0. The Kier molecular flexibility index (Phi) is 24.0. The molecule has 2 saturated heterocycles. The van der Waals surface area contributed by atoms with E-state index >= 15 is 0 Å². The van der Waals surface area contributed by atoms with Crippen molar-refractivity contribution in [1.29, 1.82) is 0 Å². The van der Waals surface area contributed by atoms with E-state index in [4.69, 9.17) is 53.4 Å². The maximum Gasteiger partial charge on any atom is 1.00 e. The number of thiol groups is 1. The molecule has 4 aromatic heterocycles. The third-order valence-electron chi connectivity index (χ3n) is 8.26. The van der Waals surface area contributed by atoms with E-state index in [0.29, 0.717) is 10.9 Å². The van der Waals surface area contributed by atoms with Crippen molar-refractivity contribution >= 4 is 110 Å². The van der Waals surface area contributed by atoms with Crippen LogP contribution in [0.2, 0.25) is 0 Å². The summed E-state index contributed by atoms with van der Waals surface area (Å²) >= 11 is 15.5. The summed E-state index contributed by atoms with van der Waals surface area (Å²) in [6.07, 6.45) is -7.89. The molecular formula is C24H35ClN10Na4O16P4S3+4. The summed E-state index contributed by atoms with van der Waals surface area (Å²) in [5.74, 6) is 0.759. The molecule has 6 rings (SSSR count). The maximum absolute atomic E-state index is 13.0. The number of halogens is 1. The summed E-state index contributed by atoms with van der Waals surface area (Å²) in [6, 6.07) is 0. The Morgan fingerprint density at radius 1 is 0.806 bits per heavy atom. The standard InChI is InChI=1S/C24H35ClN10O16P4S3.4Na/c1-2-3-58-24-32-18(27)12-20(33-24)35(8-31-12)22-16(39)14(37)10(49-22)5-47-55(45,57)51-53(42,43)23(25)52(40,41)50-54(44,56)46-4-9-13(36)15(38)21(48-9)34-7-30-11-17(26)28-6-29-19(11)34;;;;/h6-10,13-16,21-23,36-39H,2-5H2,1H3,(H,40,41)(H,42,43)(H,44,56)(H,45,57)(H2,26,28,29)(H2,27,32,33);;;;/q;4*+1/t9-,10-,13-,14-,15-,16-,21-,22-,23?,54?,55?;;;;/m1..../s1. The normalized spacial score (nSPS) is 28.0. The van der Waals surface area contributed by atoms with Crippen LogP contribution in [0.25, 0.3) is 22.3 Å². The first-order valence-electron chi connectivity index (χ1n) is 16.3. The number of hydrogen-bond donors (Lipinski definition) is 10. The van der Waals surface area contributed by atoms with Gasteiger partial charge in [0.25, 0.3) is 0 Å². The molecule has 0 radical (unpaired) electrons. The van der Waals surface area contributed by atoms with Gasteiger partial charge < -0.3 is 60.6 Å². The zero-order valence-corrected chi connectivity index (χ0v) is 48.1. The number of imidazole rings is 2. The number of thioether (sulfide) groups is 1. The number of nitrogen functional groups attached to an aromatic ring is 2. The van der Waals surface area contributed by atoms with Crippen LogP contribution in [0.4, 0.5) is 11.6 Å². The number of hydrogen-bond acceptors (Lipinski definition) is 23. The third-order valence-corrected chi connectivity index (χ3v) is 20.0. The van der Waals surface area contributed by atoms with Gasteiger partial charge in [0.1, 0.15) is 54.0 Å². The Labute approximate surface area is 459 Å². The number of rotatable bonds is 17. The maximum atomic E-state index is 13.0. The van der Waals surface area contributed by atoms with Crippen LogP contribution in [0, 0.1) is 0 Å². The van der Waals surface area contributed by atoms with E-state index in [2.05, 4.69) is 50.8 Å². The molecule has 322 valence electrons. The SMILES string of the molecule is CCCSc1nc(N)c2ncn([C@@H]3O[C@H](COP(O)(=S)OP(=O)(O)C(Cl)P(=O)(O)OP(=O)(S)OC[C@H]4O[C@@H](n5cnc6c(N)ncnc65)[C@H](O)[C@@H]4O)[C@@H](O)[C@H]3O)c2n1.[Na+].[Na+].[Na+].[Na+].